The van der Waals surface area contributed by atoms with Crippen molar-refractivity contribution in [2.75, 3.05) is 0 Å². The van der Waals surface area contributed by atoms with E-state index in [1.165, 1.54) is 5.56 Å². The Morgan fingerprint density at radius 2 is 1.38 bits per heavy atom. The van der Waals surface area contributed by atoms with Gasteiger partial charge < -0.3 is 9.84 Å². The van der Waals surface area contributed by atoms with Crippen LogP contribution >= 0.6 is 0 Å². The fourth-order valence-electron chi connectivity index (χ4n) is 4.64. The molecule has 0 bridgehead atoms. The molecule has 2 aromatic carbocycles. The van der Waals surface area contributed by atoms with Gasteiger partial charge >= 0.3 is 11.9 Å². The standard InChI is InChI=1S/2C14H18O2/c1-13(2,3)14(12(15)16)9-11(14)10-7-5-4-6-8-10;1-14(2,3)16-13(15)12-9-11(12)10-7-5-4-6-8-10/h4-8,11H,9H2,1-3H3,(H,15,16);4-8,11-12H,9H2,1-3H3/t11-,14+;11-,12+/m10/s1. The van der Waals surface area contributed by atoms with E-state index in [1.807, 2.05) is 90.1 Å². The molecule has 1 N–H and O–H groups in total. The molecule has 4 rings (SSSR count). The molecular weight excluding hydrogens is 400 g/mol. The Morgan fingerprint density at radius 3 is 1.78 bits per heavy atom. The molecular formula is C28H36O4. The Bertz CT molecular complexity index is 935. The number of ether oxygens (including phenoxy) is 1. The van der Waals surface area contributed by atoms with Crippen LogP contribution in [0.4, 0.5) is 0 Å². The molecule has 0 heterocycles. The van der Waals surface area contributed by atoms with Crippen molar-refractivity contribution in [3.8, 4) is 0 Å². The third-order valence-electron chi connectivity index (χ3n) is 6.61. The van der Waals surface area contributed by atoms with Crippen molar-refractivity contribution in [1.82, 2.24) is 0 Å². The minimum atomic E-state index is -0.658. The van der Waals surface area contributed by atoms with Crippen LogP contribution in [0.25, 0.3) is 0 Å². The number of carbonyl (C=O) groups excluding carboxylic acids is 1. The molecule has 0 unspecified atom stereocenters. The van der Waals surface area contributed by atoms with Crippen LogP contribution in [0.3, 0.4) is 0 Å². The van der Waals surface area contributed by atoms with Crippen LogP contribution in [0.15, 0.2) is 60.7 Å². The van der Waals surface area contributed by atoms with E-state index in [0.29, 0.717) is 5.92 Å². The van der Waals surface area contributed by atoms with Gasteiger partial charge in [-0.25, -0.2) is 0 Å². The summed E-state index contributed by atoms with van der Waals surface area (Å²) in [5.41, 5.74) is 1.26. The lowest BCUT2D eigenvalue weighted by Crippen LogP contribution is -2.32. The van der Waals surface area contributed by atoms with Gasteiger partial charge in [-0.1, -0.05) is 81.4 Å². The second kappa shape index (κ2) is 8.73. The molecule has 0 saturated heterocycles. The second-order valence-electron chi connectivity index (χ2n) is 11.1. The molecule has 32 heavy (non-hydrogen) atoms. The van der Waals surface area contributed by atoms with Crippen LogP contribution in [-0.2, 0) is 14.3 Å². The molecule has 0 aliphatic heterocycles. The summed E-state index contributed by atoms with van der Waals surface area (Å²) >= 11 is 0. The maximum Gasteiger partial charge on any atom is 0.310 e. The third kappa shape index (κ3) is 5.23. The minimum Gasteiger partial charge on any atom is -0.481 e. The smallest absolute Gasteiger partial charge is 0.310 e. The number of aliphatic carboxylic acids is 1. The number of esters is 1. The third-order valence-corrected chi connectivity index (χ3v) is 6.61. The first-order valence-electron chi connectivity index (χ1n) is 11.4. The SMILES string of the molecule is CC(C)(C)OC(=O)[C@@H]1C[C@H]1c1ccccc1.CC(C)(C)[C@@]1(C(=O)O)C[C@@H]1c1ccccc1. The lowest BCUT2D eigenvalue weighted by Gasteiger charge is -2.28. The van der Waals surface area contributed by atoms with Crippen LogP contribution in [-0.4, -0.2) is 22.6 Å². The first-order valence-corrected chi connectivity index (χ1v) is 11.4. The Kier molecular flexibility index (Phi) is 6.55. The average Bonchev–Trinajstić information content (AvgIpc) is 3.61. The topological polar surface area (TPSA) is 63.6 Å². The number of carboxylic acid groups (broad SMARTS) is 1. The quantitative estimate of drug-likeness (QED) is 0.562. The number of carbonyl (C=O) groups is 2. The van der Waals surface area contributed by atoms with Gasteiger partial charge in [0.05, 0.1) is 11.3 Å². The van der Waals surface area contributed by atoms with Gasteiger partial charge in [-0.2, -0.15) is 0 Å². The van der Waals surface area contributed by atoms with Crippen molar-refractivity contribution in [2.45, 2.75) is 71.8 Å². The van der Waals surface area contributed by atoms with E-state index in [4.69, 9.17) is 4.74 Å². The van der Waals surface area contributed by atoms with Crippen LogP contribution in [0.2, 0.25) is 0 Å². The zero-order valence-electron chi connectivity index (χ0n) is 20.1. The van der Waals surface area contributed by atoms with Crippen LogP contribution in [0.1, 0.15) is 77.3 Å². The summed E-state index contributed by atoms with van der Waals surface area (Å²) < 4.78 is 5.37. The van der Waals surface area contributed by atoms with Gasteiger partial charge in [-0.3, -0.25) is 9.59 Å². The van der Waals surface area contributed by atoms with Crippen molar-refractivity contribution in [1.29, 1.82) is 0 Å². The van der Waals surface area contributed by atoms with Crippen molar-refractivity contribution < 1.29 is 19.4 Å². The summed E-state index contributed by atoms with van der Waals surface area (Å²) in [6.07, 6.45) is 1.69. The van der Waals surface area contributed by atoms with Gasteiger partial charge in [-0.15, -0.1) is 0 Å². The van der Waals surface area contributed by atoms with Crippen LogP contribution < -0.4 is 0 Å². The van der Waals surface area contributed by atoms with Crippen molar-refractivity contribution in [2.24, 2.45) is 16.7 Å². The molecule has 0 spiro atoms. The molecule has 2 aliphatic carbocycles. The Balaban J connectivity index is 0.000000181. The molecule has 2 saturated carbocycles. The number of hydrogen-bond donors (Lipinski definition) is 1. The lowest BCUT2D eigenvalue weighted by molar-refractivity contribution is -0.156. The lowest BCUT2D eigenvalue weighted by atomic mass is 9.75. The highest BCUT2D eigenvalue weighted by atomic mass is 16.6. The van der Waals surface area contributed by atoms with Crippen LogP contribution in [0, 0.1) is 16.7 Å². The first kappa shape index (κ1) is 24.0. The molecule has 0 radical (unpaired) electrons. The van der Waals surface area contributed by atoms with Gasteiger partial charge in [0.25, 0.3) is 0 Å². The molecule has 2 aliphatic rings. The maximum absolute atomic E-state index is 11.8. The summed E-state index contributed by atoms with van der Waals surface area (Å²) in [6, 6.07) is 20.2. The highest BCUT2D eigenvalue weighted by Crippen LogP contribution is 2.68. The van der Waals surface area contributed by atoms with E-state index in [0.717, 1.165) is 18.4 Å². The predicted molar refractivity (Wildman–Crippen MR) is 126 cm³/mol. The Hall–Kier alpha value is -2.62. The maximum atomic E-state index is 11.8. The number of benzene rings is 2. The number of rotatable bonds is 4. The minimum absolute atomic E-state index is 0.0543. The van der Waals surface area contributed by atoms with E-state index < -0.39 is 11.4 Å². The van der Waals surface area contributed by atoms with Gasteiger partial charge in [-0.05, 0) is 56.1 Å². The van der Waals surface area contributed by atoms with Crippen molar-refractivity contribution in [3.05, 3.63) is 71.8 Å². The summed E-state index contributed by atoms with van der Waals surface area (Å²) in [5.74, 6) is -0.0981. The summed E-state index contributed by atoms with van der Waals surface area (Å²) in [6.45, 7) is 11.8. The normalized spacial score (nSPS) is 26.4. The molecule has 0 amide bonds. The first-order chi connectivity index (χ1) is 14.9. The highest BCUT2D eigenvalue weighted by Gasteiger charge is 2.66. The van der Waals surface area contributed by atoms with E-state index >= 15 is 0 Å². The molecule has 4 heteroatoms. The predicted octanol–water partition coefficient (Wildman–Crippen LogP) is 6.42. The summed E-state index contributed by atoms with van der Waals surface area (Å²) in [7, 11) is 0. The monoisotopic (exact) mass is 436 g/mol. The fourth-order valence-corrected chi connectivity index (χ4v) is 4.64. The summed E-state index contributed by atoms with van der Waals surface area (Å²) in [5, 5.41) is 9.47. The molecule has 4 atom stereocenters. The zero-order valence-corrected chi connectivity index (χ0v) is 20.1. The second-order valence-corrected chi connectivity index (χ2v) is 11.1. The molecule has 2 aromatic rings. The number of carboxylic acids is 1. The van der Waals surface area contributed by atoms with Gasteiger partial charge in [0.15, 0.2) is 0 Å². The van der Waals surface area contributed by atoms with Crippen LogP contribution in [0.5, 0.6) is 0 Å². The molecule has 2 fully saturated rings. The van der Waals surface area contributed by atoms with Gasteiger partial charge in [0, 0.05) is 5.92 Å². The Morgan fingerprint density at radius 1 is 0.875 bits per heavy atom. The van der Waals surface area contributed by atoms with Gasteiger partial charge in [0.1, 0.15) is 5.60 Å². The number of hydrogen-bond acceptors (Lipinski definition) is 3. The molecule has 0 aromatic heterocycles. The van der Waals surface area contributed by atoms with Crippen molar-refractivity contribution in [3.63, 3.8) is 0 Å². The van der Waals surface area contributed by atoms with Crippen molar-refractivity contribution >= 4 is 11.9 Å². The largest absolute Gasteiger partial charge is 0.481 e. The van der Waals surface area contributed by atoms with Gasteiger partial charge in [0.2, 0.25) is 0 Å². The molecule has 4 nitrogen and oxygen atoms in total. The zero-order chi connectivity index (χ0) is 23.7. The highest BCUT2D eigenvalue weighted by molar-refractivity contribution is 5.81. The van der Waals surface area contributed by atoms with E-state index in [1.54, 1.807) is 0 Å². The average molecular weight is 437 g/mol. The molecule has 172 valence electrons. The Labute approximate surface area is 192 Å². The van der Waals surface area contributed by atoms with E-state index in [9.17, 15) is 14.7 Å². The van der Waals surface area contributed by atoms with E-state index in [2.05, 4.69) is 12.1 Å². The summed E-state index contributed by atoms with van der Waals surface area (Å²) in [4.78, 5) is 23.3. The fraction of sp³-hybridized carbons (Fsp3) is 0.500. The van der Waals surface area contributed by atoms with E-state index in [-0.39, 0.29) is 28.8 Å².